The topological polar surface area (TPSA) is 51.9 Å². The van der Waals surface area contributed by atoms with E-state index in [0.717, 1.165) is 18.2 Å². The molecule has 0 unspecified atom stereocenters. The van der Waals surface area contributed by atoms with Gasteiger partial charge in [0.25, 0.3) is 5.91 Å². The van der Waals surface area contributed by atoms with Gasteiger partial charge in [-0.05, 0) is 37.1 Å². The molecule has 2 heterocycles. The summed E-state index contributed by atoms with van der Waals surface area (Å²) in [5, 5.41) is 1.47. The van der Waals surface area contributed by atoms with Gasteiger partial charge in [-0.15, -0.1) is 0 Å². The van der Waals surface area contributed by atoms with E-state index in [4.69, 9.17) is 25.5 Å². The summed E-state index contributed by atoms with van der Waals surface area (Å²) in [5.74, 6) is 0.260. The zero-order valence-electron chi connectivity index (χ0n) is 12.8. The first-order chi connectivity index (χ1) is 11.2. The SMILES string of the molecule is CO[C@H]1CC[C@H]2[C@H]1OCCN2C(=O)c1cc2cc(Cl)ccc2o1. The Morgan fingerprint density at radius 2 is 2.22 bits per heavy atom. The first-order valence-electron chi connectivity index (χ1n) is 7.82. The van der Waals surface area contributed by atoms with Crippen molar-refractivity contribution in [3.8, 4) is 0 Å². The third-order valence-electron chi connectivity index (χ3n) is 4.79. The van der Waals surface area contributed by atoms with Crippen molar-refractivity contribution in [3.63, 3.8) is 0 Å². The number of benzene rings is 1. The minimum atomic E-state index is -0.0904. The van der Waals surface area contributed by atoms with Gasteiger partial charge in [-0.3, -0.25) is 4.79 Å². The van der Waals surface area contributed by atoms with Crippen molar-refractivity contribution in [2.45, 2.75) is 31.1 Å². The van der Waals surface area contributed by atoms with E-state index in [1.807, 2.05) is 4.90 Å². The minimum Gasteiger partial charge on any atom is -0.451 e. The van der Waals surface area contributed by atoms with Gasteiger partial charge >= 0.3 is 0 Å². The molecule has 0 spiro atoms. The third-order valence-corrected chi connectivity index (χ3v) is 5.02. The largest absolute Gasteiger partial charge is 0.451 e. The molecular formula is C17H18ClNO4. The van der Waals surface area contributed by atoms with Crippen molar-refractivity contribution in [1.82, 2.24) is 4.90 Å². The number of fused-ring (bicyclic) bond motifs is 2. The average Bonchev–Trinajstić information content (AvgIpc) is 3.16. The second kappa shape index (κ2) is 5.82. The number of nitrogens with zero attached hydrogens (tertiary/aromatic N) is 1. The summed E-state index contributed by atoms with van der Waals surface area (Å²) >= 11 is 5.99. The molecule has 2 fully saturated rings. The maximum absolute atomic E-state index is 12.9. The fourth-order valence-electron chi connectivity index (χ4n) is 3.68. The molecule has 1 aromatic heterocycles. The van der Waals surface area contributed by atoms with Crippen LogP contribution in [0.3, 0.4) is 0 Å². The van der Waals surface area contributed by atoms with Gasteiger partial charge in [-0.25, -0.2) is 0 Å². The van der Waals surface area contributed by atoms with Gasteiger partial charge in [0.1, 0.15) is 11.7 Å². The Hall–Kier alpha value is -1.56. The second-order valence-corrected chi connectivity index (χ2v) is 6.48. The molecule has 2 aliphatic rings. The van der Waals surface area contributed by atoms with Gasteiger partial charge in [0.2, 0.25) is 0 Å². The summed E-state index contributed by atoms with van der Waals surface area (Å²) in [6, 6.07) is 7.16. The molecule has 5 nitrogen and oxygen atoms in total. The number of carbonyl (C=O) groups is 1. The number of halogens is 1. The molecule has 1 amide bonds. The van der Waals surface area contributed by atoms with E-state index in [0.29, 0.717) is 29.5 Å². The van der Waals surface area contributed by atoms with Gasteiger partial charge in [0.15, 0.2) is 5.76 Å². The van der Waals surface area contributed by atoms with E-state index in [-0.39, 0.29) is 24.2 Å². The van der Waals surface area contributed by atoms with Crippen LogP contribution in [0, 0.1) is 0 Å². The first-order valence-corrected chi connectivity index (χ1v) is 8.19. The highest BCUT2D eigenvalue weighted by Gasteiger charge is 2.45. The number of methoxy groups -OCH3 is 1. The quantitative estimate of drug-likeness (QED) is 0.846. The molecule has 0 bridgehead atoms. The molecule has 1 saturated heterocycles. The minimum absolute atomic E-state index is 0.0449. The van der Waals surface area contributed by atoms with Crippen molar-refractivity contribution < 1.29 is 18.7 Å². The Morgan fingerprint density at radius 1 is 1.35 bits per heavy atom. The number of ether oxygens (including phenoxy) is 2. The molecule has 6 heteroatoms. The second-order valence-electron chi connectivity index (χ2n) is 6.05. The van der Waals surface area contributed by atoms with Gasteiger partial charge in [-0.2, -0.15) is 0 Å². The lowest BCUT2D eigenvalue weighted by molar-refractivity contribution is -0.0950. The van der Waals surface area contributed by atoms with Crippen LogP contribution in [0.15, 0.2) is 28.7 Å². The van der Waals surface area contributed by atoms with Crippen molar-refractivity contribution in [1.29, 1.82) is 0 Å². The number of hydrogen-bond acceptors (Lipinski definition) is 4. The highest BCUT2D eigenvalue weighted by atomic mass is 35.5. The summed E-state index contributed by atoms with van der Waals surface area (Å²) in [4.78, 5) is 14.8. The zero-order valence-corrected chi connectivity index (χ0v) is 13.6. The molecule has 2 aromatic rings. The molecule has 4 rings (SSSR count). The van der Waals surface area contributed by atoms with Crippen LogP contribution in [0.2, 0.25) is 5.02 Å². The van der Waals surface area contributed by atoms with Crippen LogP contribution in [0.4, 0.5) is 0 Å². The summed E-state index contributed by atoms with van der Waals surface area (Å²) in [7, 11) is 1.69. The monoisotopic (exact) mass is 335 g/mol. The van der Waals surface area contributed by atoms with Crippen LogP contribution in [-0.2, 0) is 9.47 Å². The Bertz CT molecular complexity index is 743. The molecule has 3 atom stereocenters. The maximum atomic E-state index is 12.9. The molecule has 1 aliphatic heterocycles. The predicted molar refractivity (Wildman–Crippen MR) is 85.8 cm³/mol. The fraction of sp³-hybridized carbons (Fsp3) is 0.471. The number of rotatable bonds is 2. The molecule has 122 valence electrons. The van der Waals surface area contributed by atoms with Crippen LogP contribution in [0.25, 0.3) is 11.0 Å². The average molecular weight is 336 g/mol. The van der Waals surface area contributed by atoms with Crippen molar-refractivity contribution >= 4 is 28.5 Å². The van der Waals surface area contributed by atoms with E-state index in [1.54, 1.807) is 31.4 Å². The van der Waals surface area contributed by atoms with Crippen LogP contribution in [0.5, 0.6) is 0 Å². The van der Waals surface area contributed by atoms with E-state index in [2.05, 4.69) is 0 Å². The first kappa shape index (κ1) is 15.0. The van der Waals surface area contributed by atoms with Crippen molar-refractivity contribution in [2.75, 3.05) is 20.3 Å². The number of furan rings is 1. The normalized spacial score (nSPS) is 27.4. The molecule has 23 heavy (non-hydrogen) atoms. The molecule has 1 aliphatic carbocycles. The highest BCUT2D eigenvalue weighted by Crippen LogP contribution is 2.33. The van der Waals surface area contributed by atoms with Crippen LogP contribution >= 0.6 is 11.6 Å². The summed E-state index contributed by atoms with van der Waals surface area (Å²) in [6.45, 7) is 1.10. The molecule has 1 aromatic carbocycles. The van der Waals surface area contributed by atoms with Gasteiger partial charge in [0, 0.05) is 24.1 Å². The van der Waals surface area contributed by atoms with Crippen molar-refractivity contribution in [2.24, 2.45) is 0 Å². The summed E-state index contributed by atoms with van der Waals surface area (Å²) < 4.78 is 17.0. The molecule has 0 radical (unpaired) electrons. The molecule has 0 N–H and O–H groups in total. The molecule has 1 saturated carbocycles. The van der Waals surface area contributed by atoms with Crippen LogP contribution < -0.4 is 0 Å². The number of hydrogen-bond donors (Lipinski definition) is 0. The maximum Gasteiger partial charge on any atom is 0.290 e. The zero-order chi connectivity index (χ0) is 16.0. The van der Waals surface area contributed by atoms with Gasteiger partial charge < -0.3 is 18.8 Å². The predicted octanol–water partition coefficient (Wildman–Crippen LogP) is 3.10. The van der Waals surface area contributed by atoms with E-state index < -0.39 is 0 Å². The van der Waals surface area contributed by atoms with E-state index in [1.165, 1.54) is 0 Å². The van der Waals surface area contributed by atoms with E-state index >= 15 is 0 Å². The Balaban J connectivity index is 1.62. The van der Waals surface area contributed by atoms with Crippen LogP contribution in [-0.4, -0.2) is 49.3 Å². The van der Waals surface area contributed by atoms with Gasteiger partial charge in [-0.1, -0.05) is 11.6 Å². The smallest absolute Gasteiger partial charge is 0.290 e. The Labute approximate surface area is 139 Å². The van der Waals surface area contributed by atoms with E-state index in [9.17, 15) is 4.79 Å². The van der Waals surface area contributed by atoms with Crippen molar-refractivity contribution in [3.05, 3.63) is 35.0 Å². The molecular weight excluding hydrogens is 318 g/mol. The number of morpholine rings is 1. The lowest BCUT2D eigenvalue weighted by atomic mass is 10.1. The lowest BCUT2D eigenvalue weighted by Crippen LogP contribution is -2.53. The number of amides is 1. The van der Waals surface area contributed by atoms with Gasteiger partial charge in [0.05, 0.1) is 18.8 Å². The Morgan fingerprint density at radius 3 is 3.04 bits per heavy atom. The Kier molecular flexibility index (Phi) is 3.79. The number of carbonyl (C=O) groups excluding carboxylic acids is 1. The lowest BCUT2D eigenvalue weighted by Gasteiger charge is -2.38. The third kappa shape index (κ3) is 2.53. The standard InChI is InChI=1S/C17H18ClNO4/c1-21-14-5-3-12-16(14)22-7-6-19(12)17(20)15-9-10-8-11(18)2-4-13(10)23-15/h2,4,8-9,12,14,16H,3,5-7H2,1H3/t12-,14-,16+/m0/s1. The van der Waals surface area contributed by atoms with Crippen LogP contribution in [0.1, 0.15) is 23.4 Å². The fourth-order valence-corrected chi connectivity index (χ4v) is 3.86. The summed E-state index contributed by atoms with van der Waals surface area (Å²) in [5.41, 5.74) is 0.670. The highest BCUT2D eigenvalue weighted by molar-refractivity contribution is 6.31. The summed E-state index contributed by atoms with van der Waals surface area (Å²) in [6.07, 6.45) is 1.81.